The van der Waals surface area contributed by atoms with E-state index in [1.165, 1.54) is 16.7 Å². The van der Waals surface area contributed by atoms with E-state index in [2.05, 4.69) is 6.07 Å². The van der Waals surface area contributed by atoms with Gasteiger partial charge in [-0.05, 0) is 41.7 Å². The van der Waals surface area contributed by atoms with E-state index in [0.717, 1.165) is 11.1 Å². The van der Waals surface area contributed by atoms with Gasteiger partial charge in [-0.3, -0.25) is 4.79 Å². The molecule has 2 aromatic rings. The number of nitrogens with zero attached hydrogens (tertiary/aromatic N) is 3. The average Bonchev–Trinajstić information content (AvgIpc) is 3.17. The normalized spacial score (nSPS) is 21.3. The van der Waals surface area contributed by atoms with Crippen molar-refractivity contribution in [2.24, 2.45) is 0 Å². The summed E-state index contributed by atoms with van der Waals surface area (Å²) in [6.45, 7) is 2.23. The number of thioether (sulfide) groups is 1. The number of rotatable bonds is 3. The molecule has 134 valence electrons. The first-order valence-corrected chi connectivity index (χ1v) is 9.56. The molecule has 27 heavy (non-hydrogen) atoms. The molecule has 0 N–H and O–H groups in total. The van der Waals surface area contributed by atoms with Crippen molar-refractivity contribution in [1.82, 2.24) is 4.90 Å². The number of hydrogen-bond donors (Lipinski definition) is 0. The molecule has 2 atom stereocenters. The largest absolute Gasteiger partial charge is 0.332 e. The van der Waals surface area contributed by atoms with Crippen LogP contribution in [0.5, 0.6) is 0 Å². The standard InChI is InChI=1S/C21H17N3O2S/c1-14-5-2-3-8-17(14)24-20(25)19-18(9-10-27-19)23(21(24)26)13-16-7-4-6-15(11-16)12-22/h2-11,18-19H,13H2,1H3. The monoisotopic (exact) mass is 375 g/mol. The molecule has 1 fully saturated rings. The molecule has 2 aliphatic rings. The molecule has 4 rings (SSSR count). The lowest BCUT2D eigenvalue weighted by atomic mass is 10.0. The molecule has 0 aliphatic carbocycles. The predicted molar refractivity (Wildman–Crippen MR) is 105 cm³/mol. The summed E-state index contributed by atoms with van der Waals surface area (Å²) in [6, 6.07) is 16.1. The van der Waals surface area contributed by atoms with Crippen molar-refractivity contribution in [2.75, 3.05) is 4.90 Å². The summed E-state index contributed by atoms with van der Waals surface area (Å²) in [5.41, 5.74) is 2.91. The summed E-state index contributed by atoms with van der Waals surface area (Å²) in [6.07, 6.45) is 1.91. The minimum Gasteiger partial charge on any atom is -0.312 e. The fourth-order valence-corrected chi connectivity index (χ4v) is 4.53. The van der Waals surface area contributed by atoms with Crippen LogP contribution in [0.2, 0.25) is 0 Å². The number of fused-ring (bicyclic) bond motifs is 1. The van der Waals surface area contributed by atoms with Gasteiger partial charge < -0.3 is 4.90 Å². The zero-order chi connectivity index (χ0) is 19.0. The minimum atomic E-state index is -0.346. The highest BCUT2D eigenvalue weighted by Crippen LogP contribution is 2.37. The van der Waals surface area contributed by atoms with Crippen LogP contribution in [0.1, 0.15) is 16.7 Å². The van der Waals surface area contributed by atoms with E-state index in [9.17, 15) is 9.59 Å². The van der Waals surface area contributed by atoms with E-state index in [4.69, 9.17) is 5.26 Å². The molecule has 0 aromatic heterocycles. The summed E-state index contributed by atoms with van der Waals surface area (Å²) in [4.78, 5) is 29.4. The molecule has 6 heteroatoms. The second-order valence-corrected chi connectivity index (χ2v) is 7.61. The van der Waals surface area contributed by atoms with Crippen LogP contribution in [0.25, 0.3) is 0 Å². The maximum absolute atomic E-state index is 13.3. The number of carbonyl (C=O) groups excluding carboxylic acids is 2. The van der Waals surface area contributed by atoms with Crippen LogP contribution in [-0.4, -0.2) is 28.1 Å². The Labute approximate surface area is 161 Å². The lowest BCUT2D eigenvalue weighted by molar-refractivity contribution is -0.119. The first-order valence-electron chi connectivity index (χ1n) is 8.61. The van der Waals surface area contributed by atoms with Gasteiger partial charge in [0.1, 0.15) is 5.25 Å². The van der Waals surface area contributed by atoms with Gasteiger partial charge in [-0.2, -0.15) is 5.26 Å². The summed E-state index contributed by atoms with van der Waals surface area (Å²) in [5.74, 6) is -0.184. The molecule has 2 aliphatic heterocycles. The molecule has 5 nitrogen and oxygen atoms in total. The van der Waals surface area contributed by atoms with Crippen molar-refractivity contribution in [3.8, 4) is 6.07 Å². The van der Waals surface area contributed by atoms with Gasteiger partial charge in [-0.15, -0.1) is 11.8 Å². The maximum atomic E-state index is 13.3. The Balaban J connectivity index is 1.72. The molecule has 3 amide bonds. The number of amides is 3. The fraction of sp³-hybridized carbons (Fsp3) is 0.190. The van der Waals surface area contributed by atoms with Gasteiger partial charge in [0.25, 0.3) is 5.91 Å². The van der Waals surface area contributed by atoms with Crippen molar-refractivity contribution in [3.63, 3.8) is 0 Å². The Morgan fingerprint density at radius 3 is 2.74 bits per heavy atom. The zero-order valence-electron chi connectivity index (χ0n) is 14.7. The molecule has 0 bridgehead atoms. The fourth-order valence-electron chi connectivity index (χ4n) is 3.49. The second kappa shape index (κ2) is 6.93. The van der Waals surface area contributed by atoms with Gasteiger partial charge in [0.15, 0.2) is 0 Å². The highest BCUT2D eigenvalue weighted by molar-refractivity contribution is 8.03. The SMILES string of the molecule is Cc1ccccc1N1C(=O)C2SC=CC2N(Cc2cccc(C#N)c2)C1=O. The molecular formula is C21H17N3O2S. The Hall–Kier alpha value is -3.04. The number of nitriles is 1. The van der Waals surface area contributed by atoms with Crippen molar-refractivity contribution in [1.29, 1.82) is 5.26 Å². The third-order valence-corrected chi connectivity index (χ3v) is 5.93. The molecule has 2 aromatic carbocycles. The van der Waals surface area contributed by atoms with Crippen LogP contribution < -0.4 is 4.90 Å². The number of aryl methyl sites for hydroxylation is 1. The molecule has 0 saturated carbocycles. The summed E-state index contributed by atoms with van der Waals surface area (Å²) in [7, 11) is 0. The smallest absolute Gasteiger partial charge is 0.312 e. The summed E-state index contributed by atoms with van der Waals surface area (Å²) in [5, 5.41) is 10.7. The van der Waals surface area contributed by atoms with Gasteiger partial charge in [-0.25, -0.2) is 9.69 Å². The van der Waals surface area contributed by atoms with E-state index >= 15 is 0 Å². The van der Waals surface area contributed by atoms with Crippen LogP contribution in [0, 0.1) is 18.3 Å². The Morgan fingerprint density at radius 2 is 1.96 bits per heavy atom. The summed E-state index contributed by atoms with van der Waals surface area (Å²) < 4.78 is 0. The number of urea groups is 1. The van der Waals surface area contributed by atoms with Crippen molar-refractivity contribution < 1.29 is 9.59 Å². The number of imide groups is 1. The lowest BCUT2D eigenvalue weighted by Gasteiger charge is -2.41. The molecule has 0 radical (unpaired) electrons. The van der Waals surface area contributed by atoms with Gasteiger partial charge in [-0.1, -0.05) is 36.4 Å². The number of anilines is 1. The quantitative estimate of drug-likeness (QED) is 0.818. The van der Waals surface area contributed by atoms with E-state index < -0.39 is 0 Å². The highest BCUT2D eigenvalue weighted by Gasteiger charge is 2.48. The Kier molecular flexibility index (Phi) is 4.46. The molecule has 0 spiro atoms. The lowest BCUT2D eigenvalue weighted by Crippen LogP contribution is -2.61. The predicted octanol–water partition coefficient (Wildman–Crippen LogP) is 3.83. The molecule has 2 unspecified atom stereocenters. The average molecular weight is 375 g/mol. The van der Waals surface area contributed by atoms with E-state index in [1.54, 1.807) is 23.1 Å². The van der Waals surface area contributed by atoms with E-state index in [-0.39, 0.29) is 23.2 Å². The number of benzene rings is 2. The maximum Gasteiger partial charge on any atom is 0.332 e. The van der Waals surface area contributed by atoms with Crippen molar-refractivity contribution in [2.45, 2.75) is 24.8 Å². The first kappa shape index (κ1) is 17.4. The van der Waals surface area contributed by atoms with Gasteiger partial charge in [0.05, 0.1) is 23.4 Å². The molecule has 2 heterocycles. The zero-order valence-corrected chi connectivity index (χ0v) is 15.5. The van der Waals surface area contributed by atoms with Gasteiger partial charge >= 0.3 is 6.03 Å². The Morgan fingerprint density at radius 1 is 1.15 bits per heavy atom. The number of para-hydroxylation sites is 1. The van der Waals surface area contributed by atoms with Crippen molar-refractivity contribution in [3.05, 3.63) is 76.7 Å². The minimum absolute atomic E-state index is 0.184. The number of carbonyl (C=O) groups is 2. The first-order chi connectivity index (χ1) is 13.1. The van der Waals surface area contributed by atoms with Crippen LogP contribution >= 0.6 is 11.8 Å². The topological polar surface area (TPSA) is 64.4 Å². The third-order valence-electron chi connectivity index (χ3n) is 4.84. The van der Waals surface area contributed by atoms with Gasteiger partial charge in [0.2, 0.25) is 0 Å². The van der Waals surface area contributed by atoms with Crippen LogP contribution in [0.3, 0.4) is 0 Å². The van der Waals surface area contributed by atoms with E-state index in [1.807, 2.05) is 48.7 Å². The third kappa shape index (κ3) is 3.00. The highest BCUT2D eigenvalue weighted by atomic mass is 32.2. The van der Waals surface area contributed by atoms with Crippen LogP contribution in [0.15, 0.2) is 60.0 Å². The van der Waals surface area contributed by atoms with Crippen molar-refractivity contribution >= 4 is 29.4 Å². The second-order valence-electron chi connectivity index (χ2n) is 6.56. The summed E-state index contributed by atoms with van der Waals surface area (Å²) >= 11 is 1.44. The Bertz CT molecular complexity index is 995. The van der Waals surface area contributed by atoms with Gasteiger partial charge in [0, 0.05) is 6.54 Å². The number of hydrogen-bond acceptors (Lipinski definition) is 4. The molecule has 1 saturated heterocycles. The van der Waals surface area contributed by atoms with Crippen LogP contribution in [-0.2, 0) is 11.3 Å². The van der Waals surface area contributed by atoms with E-state index in [0.29, 0.717) is 17.8 Å². The van der Waals surface area contributed by atoms with Crippen LogP contribution in [0.4, 0.5) is 10.5 Å². The molecular weight excluding hydrogens is 358 g/mol.